The van der Waals surface area contributed by atoms with Gasteiger partial charge in [-0.05, 0) is 31.4 Å². The molecule has 146 valence electrons. The van der Waals surface area contributed by atoms with E-state index in [9.17, 15) is 14.4 Å². The zero-order chi connectivity index (χ0) is 19.8. The molecule has 28 heavy (non-hydrogen) atoms. The summed E-state index contributed by atoms with van der Waals surface area (Å²) < 4.78 is 0. The maximum atomic E-state index is 13.3. The van der Waals surface area contributed by atoms with Gasteiger partial charge in [0.2, 0.25) is 5.91 Å². The largest absolute Gasteiger partial charge is 0.340 e. The van der Waals surface area contributed by atoms with E-state index in [4.69, 9.17) is 0 Å². The Balaban J connectivity index is 1.53. The van der Waals surface area contributed by atoms with Crippen molar-refractivity contribution < 1.29 is 9.59 Å². The molecule has 1 aromatic carbocycles. The number of aryl methyl sites for hydroxylation is 1. The summed E-state index contributed by atoms with van der Waals surface area (Å²) >= 11 is 0. The first-order chi connectivity index (χ1) is 13.5. The molecule has 2 aliphatic rings. The van der Waals surface area contributed by atoms with E-state index in [1.54, 1.807) is 16.7 Å². The lowest BCUT2D eigenvalue weighted by molar-refractivity contribution is -0.136. The summed E-state index contributed by atoms with van der Waals surface area (Å²) in [4.78, 5) is 49.0. The Morgan fingerprint density at radius 3 is 2.71 bits per heavy atom. The molecule has 0 fully saturated rings. The van der Waals surface area contributed by atoms with Crippen LogP contribution in [0.2, 0.25) is 0 Å². The van der Waals surface area contributed by atoms with Crippen LogP contribution >= 0.6 is 0 Å². The molecule has 7 nitrogen and oxygen atoms in total. The maximum Gasteiger partial charge on any atom is 0.255 e. The predicted octanol–water partition coefficient (Wildman–Crippen LogP) is 1.44. The molecule has 7 heteroatoms. The second-order valence-electron chi connectivity index (χ2n) is 7.42. The SMILES string of the molecule is CCC(C(=O)N1CCc2nc(C)[nH]c(=O)c2CC1)N1Cc2ccccc2C1=O. The van der Waals surface area contributed by atoms with Crippen LogP contribution < -0.4 is 5.56 Å². The van der Waals surface area contributed by atoms with Crippen LogP contribution in [0.25, 0.3) is 0 Å². The third kappa shape index (κ3) is 3.10. The first-order valence-corrected chi connectivity index (χ1v) is 9.76. The van der Waals surface area contributed by atoms with E-state index >= 15 is 0 Å². The third-order valence-corrected chi connectivity index (χ3v) is 5.68. The van der Waals surface area contributed by atoms with Crippen LogP contribution in [0, 0.1) is 6.92 Å². The van der Waals surface area contributed by atoms with Crippen molar-refractivity contribution in [1.29, 1.82) is 0 Å². The molecular formula is C21H24N4O3. The van der Waals surface area contributed by atoms with Crippen LogP contribution in [0.3, 0.4) is 0 Å². The molecule has 0 saturated carbocycles. The summed E-state index contributed by atoms with van der Waals surface area (Å²) in [6.07, 6.45) is 1.59. The van der Waals surface area contributed by atoms with Crippen molar-refractivity contribution in [2.75, 3.05) is 13.1 Å². The monoisotopic (exact) mass is 380 g/mol. The highest BCUT2D eigenvalue weighted by Gasteiger charge is 2.37. The predicted molar refractivity (Wildman–Crippen MR) is 104 cm³/mol. The van der Waals surface area contributed by atoms with Gasteiger partial charge in [0.05, 0.1) is 5.69 Å². The molecule has 0 aliphatic carbocycles. The standard InChI is InChI=1S/C21H24N4O3/c1-3-18(25-12-14-6-4-5-7-15(14)20(25)27)21(28)24-10-8-16-17(9-11-24)22-13(2)23-19(16)26/h4-7,18H,3,8-12H2,1-2H3,(H,22,23,26). The minimum absolute atomic E-state index is 0.0513. The van der Waals surface area contributed by atoms with Gasteiger partial charge in [-0.3, -0.25) is 14.4 Å². The first kappa shape index (κ1) is 18.4. The molecule has 2 amide bonds. The Labute approximate surface area is 163 Å². The molecule has 1 N–H and O–H groups in total. The van der Waals surface area contributed by atoms with Gasteiger partial charge < -0.3 is 14.8 Å². The fourth-order valence-electron chi connectivity index (χ4n) is 4.22. The van der Waals surface area contributed by atoms with E-state index < -0.39 is 6.04 Å². The first-order valence-electron chi connectivity index (χ1n) is 9.76. The molecule has 1 aromatic heterocycles. The molecule has 2 aromatic rings. The Bertz CT molecular complexity index is 997. The number of nitrogens with zero attached hydrogens (tertiary/aromatic N) is 3. The summed E-state index contributed by atoms with van der Waals surface area (Å²) in [5, 5.41) is 0. The molecule has 0 saturated heterocycles. The lowest BCUT2D eigenvalue weighted by atomic mass is 10.1. The smallest absolute Gasteiger partial charge is 0.255 e. The number of aromatic amines is 1. The van der Waals surface area contributed by atoms with Gasteiger partial charge in [-0.2, -0.15) is 0 Å². The zero-order valence-corrected chi connectivity index (χ0v) is 16.2. The topological polar surface area (TPSA) is 86.4 Å². The minimum atomic E-state index is -0.492. The van der Waals surface area contributed by atoms with E-state index in [-0.39, 0.29) is 17.4 Å². The number of carbonyl (C=O) groups excluding carboxylic acids is 2. The molecule has 0 spiro atoms. The van der Waals surface area contributed by atoms with Crippen LogP contribution in [-0.2, 0) is 24.2 Å². The number of rotatable bonds is 3. The zero-order valence-electron chi connectivity index (χ0n) is 16.2. The molecule has 2 aliphatic heterocycles. The Hall–Kier alpha value is -2.96. The lowest BCUT2D eigenvalue weighted by Crippen LogP contribution is -2.49. The highest BCUT2D eigenvalue weighted by Crippen LogP contribution is 2.26. The molecule has 4 rings (SSSR count). The van der Waals surface area contributed by atoms with E-state index in [0.717, 1.165) is 11.3 Å². The molecule has 1 atom stereocenters. The van der Waals surface area contributed by atoms with Crippen molar-refractivity contribution in [3.05, 3.63) is 62.8 Å². The van der Waals surface area contributed by atoms with E-state index in [2.05, 4.69) is 9.97 Å². The van der Waals surface area contributed by atoms with Gasteiger partial charge >= 0.3 is 0 Å². The highest BCUT2D eigenvalue weighted by atomic mass is 16.2. The number of fused-ring (bicyclic) bond motifs is 2. The average molecular weight is 380 g/mol. The van der Waals surface area contributed by atoms with E-state index in [0.29, 0.717) is 55.8 Å². The van der Waals surface area contributed by atoms with Gasteiger partial charge in [-0.25, -0.2) is 4.98 Å². The van der Waals surface area contributed by atoms with Crippen molar-refractivity contribution >= 4 is 11.8 Å². The van der Waals surface area contributed by atoms with Crippen LogP contribution in [0.15, 0.2) is 29.1 Å². The molecule has 0 radical (unpaired) electrons. The molecule has 3 heterocycles. The van der Waals surface area contributed by atoms with Gasteiger partial charge in [-0.15, -0.1) is 0 Å². The van der Waals surface area contributed by atoms with Gasteiger partial charge in [-0.1, -0.05) is 25.1 Å². The summed E-state index contributed by atoms with van der Waals surface area (Å²) in [5.41, 5.74) is 2.97. The minimum Gasteiger partial charge on any atom is -0.340 e. The fraction of sp³-hybridized carbons (Fsp3) is 0.429. The van der Waals surface area contributed by atoms with Gasteiger partial charge in [0, 0.05) is 37.2 Å². The Morgan fingerprint density at radius 2 is 1.96 bits per heavy atom. The number of benzene rings is 1. The van der Waals surface area contributed by atoms with Crippen LogP contribution in [-0.4, -0.2) is 50.7 Å². The van der Waals surface area contributed by atoms with Crippen molar-refractivity contribution in [2.24, 2.45) is 0 Å². The fourth-order valence-corrected chi connectivity index (χ4v) is 4.22. The normalized spacial score (nSPS) is 17.1. The molecular weight excluding hydrogens is 356 g/mol. The van der Waals surface area contributed by atoms with E-state index in [1.165, 1.54) is 0 Å². The number of nitrogens with one attached hydrogen (secondary N) is 1. The van der Waals surface area contributed by atoms with Gasteiger partial charge in [0.1, 0.15) is 11.9 Å². The number of H-pyrrole nitrogens is 1. The van der Waals surface area contributed by atoms with Crippen LogP contribution in [0.1, 0.15) is 46.3 Å². The number of amides is 2. The Morgan fingerprint density at radius 1 is 1.21 bits per heavy atom. The second kappa shape index (κ2) is 7.22. The third-order valence-electron chi connectivity index (χ3n) is 5.68. The highest BCUT2D eigenvalue weighted by molar-refractivity contribution is 6.01. The second-order valence-corrected chi connectivity index (χ2v) is 7.42. The summed E-state index contributed by atoms with van der Waals surface area (Å²) in [6, 6.07) is 7.03. The molecule has 0 bridgehead atoms. The summed E-state index contributed by atoms with van der Waals surface area (Å²) in [7, 11) is 0. The Kier molecular flexibility index (Phi) is 4.75. The van der Waals surface area contributed by atoms with Crippen molar-refractivity contribution in [3.8, 4) is 0 Å². The number of hydrogen-bond acceptors (Lipinski definition) is 4. The van der Waals surface area contributed by atoms with Gasteiger partial charge in [0.15, 0.2) is 0 Å². The lowest BCUT2D eigenvalue weighted by Gasteiger charge is -2.31. The summed E-state index contributed by atoms with van der Waals surface area (Å²) in [5.74, 6) is 0.461. The number of hydrogen-bond donors (Lipinski definition) is 1. The van der Waals surface area contributed by atoms with Gasteiger partial charge in [0.25, 0.3) is 11.5 Å². The van der Waals surface area contributed by atoms with E-state index in [1.807, 2.05) is 31.2 Å². The maximum absolute atomic E-state index is 13.3. The average Bonchev–Trinajstić information content (AvgIpc) is 2.86. The van der Waals surface area contributed by atoms with Crippen LogP contribution in [0.5, 0.6) is 0 Å². The quantitative estimate of drug-likeness (QED) is 0.873. The van der Waals surface area contributed by atoms with Crippen molar-refractivity contribution in [3.63, 3.8) is 0 Å². The van der Waals surface area contributed by atoms with Crippen molar-refractivity contribution in [1.82, 2.24) is 19.8 Å². The van der Waals surface area contributed by atoms with Crippen LogP contribution in [0.4, 0.5) is 0 Å². The number of carbonyl (C=O) groups is 2. The molecule has 1 unspecified atom stereocenters. The van der Waals surface area contributed by atoms with Crippen molar-refractivity contribution in [2.45, 2.75) is 45.7 Å². The summed E-state index contributed by atoms with van der Waals surface area (Å²) in [6.45, 7) is 5.13. The number of aromatic nitrogens is 2.